The maximum atomic E-state index is 11.3. The number of hydrogen-bond acceptors (Lipinski definition) is 4. The van der Waals surface area contributed by atoms with Gasteiger partial charge in [0, 0.05) is 10.9 Å². The predicted molar refractivity (Wildman–Crippen MR) is 72.1 cm³/mol. The largest absolute Gasteiger partial charge is 0.482 e. The molecule has 108 valence electrons. The van der Waals surface area contributed by atoms with Crippen molar-refractivity contribution in [2.24, 2.45) is 5.92 Å². The van der Waals surface area contributed by atoms with E-state index in [9.17, 15) is 9.59 Å². The van der Waals surface area contributed by atoms with E-state index in [1.54, 1.807) is 25.1 Å². The maximum absolute atomic E-state index is 11.3. The SMILES string of the molecule is CCOC(=O)COc1ccc(Cl)cc1[C@H]1C[C@@H]1C(=O)O. The standard InChI is InChI=1S/C14H15ClO5/c1-2-19-13(16)7-20-12-4-3-8(15)5-10(12)9-6-11(9)14(17)18/h3-5,9,11H,2,6-7H2,1H3,(H,17,18)/t9-,11+/m1/s1. The van der Waals surface area contributed by atoms with Gasteiger partial charge in [-0.25, -0.2) is 4.79 Å². The van der Waals surface area contributed by atoms with Gasteiger partial charge in [-0.1, -0.05) is 11.6 Å². The molecule has 1 saturated carbocycles. The van der Waals surface area contributed by atoms with E-state index in [2.05, 4.69) is 0 Å². The van der Waals surface area contributed by atoms with Gasteiger partial charge in [-0.2, -0.15) is 0 Å². The molecule has 0 aliphatic heterocycles. The summed E-state index contributed by atoms with van der Waals surface area (Å²) in [5, 5.41) is 9.50. The first-order chi connectivity index (χ1) is 9.52. The van der Waals surface area contributed by atoms with Gasteiger partial charge in [0.05, 0.1) is 12.5 Å². The first-order valence-electron chi connectivity index (χ1n) is 6.33. The van der Waals surface area contributed by atoms with E-state index in [1.165, 1.54) is 0 Å². The Balaban J connectivity index is 2.09. The third-order valence-corrected chi connectivity index (χ3v) is 3.36. The minimum absolute atomic E-state index is 0.108. The molecule has 5 nitrogen and oxygen atoms in total. The third kappa shape index (κ3) is 3.42. The van der Waals surface area contributed by atoms with Crippen molar-refractivity contribution in [2.45, 2.75) is 19.3 Å². The van der Waals surface area contributed by atoms with E-state index in [0.29, 0.717) is 23.8 Å². The van der Waals surface area contributed by atoms with Crippen molar-refractivity contribution in [3.05, 3.63) is 28.8 Å². The fourth-order valence-electron chi connectivity index (χ4n) is 2.09. The highest BCUT2D eigenvalue weighted by Crippen LogP contribution is 2.51. The lowest BCUT2D eigenvalue weighted by Gasteiger charge is -2.11. The number of benzene rings is 1. The van der Waals surface area contributed by atoms with Crippen LogP contribution in [0.2, 0.25) is 5.02 Å². The molecule has 0 unspecified atom stereocenters. The molecule has 0 heterocycles. The van der Waals surface area contributed by atoms with Crippen LogP contribution in [0.1, 0.15) is 24.8 Å². The molecular formula is C14H15ClO5. The summed E-state index contributed by atoms with van der Waals surface area (Å²) >= 11 is 5.93. The molecule has 2 rings (SSSR count). The normalized spacial score (nSPS) is 20.3. The average Bonchev–Trinajstić information content (AvgIpc) is 3.18. The molecule has 0 radical (unpaired) electrons. The zero-order valence-corrected chi connectivity index (χ0v) is 11.7. The minimum atomic E-state index is -0.827. The first kappa shape index (κ1) is 14.7. The Morgan fingerprint density at radius 1 is 1.45 bits per heavy atom. The Morgan fingerprint density at radius 2 is 2.20 bits per heavy atom. The lowest BCUT2D eigenvalue weighted by molar-refractivity contribution is -0.145. The van der Waals surface area contributed by atoms with Crippen LogP contribution < -0.4 is 4.74 Å². The number of halogens is 1. The second-order valence-electron chi connectivity index (χ2n) is 4.56. The van der Waals surface area contributed by atoms with Crippen LogP contribution in [0.25, 0.3) is 0 Å². The molecule has 0 bridgehead atoms. The number of carbonyl (C=O) groups excluding carboxylic acids is 1. The van der Waals surface area contributed by atoms with E-state index < -0.39 is 17.9 Å². The fourth-order valence-corrected chi connectivity index (χ4v) is 2.27. The highest BCUT2D eigenvalue weighted by molar-refractivity contribution is 6.30. The van der Waals surface area contributed by atoms with Crippen LogP contribution in [-0.2, 0) is 14.3 Å². The molecule has 0 aromatic heterocycles. The second-order valence-corrected chi connectivity index (χ2v) is 5.00. The molecular weight excluding hydrogens is 284 g/mol. The van der Waals surface area contributed by atoms with Crippen LogP contribution in [0.3, 0.4) is 0 Å². The molecule has 1 fully saturated rings. The summed E-state index contributed by atoms with van der Waals surface area (Å²) in [6.45, 7) is 1.81. The highest BCUT2D eigenvalue weighted by atomic mass is 35.5. The topological polar surface area (TPSA) is 72.8 Å². The van der Waals surface area contributed by atoms with E-state index >= 15 is 0 Å². The lowest BCUT2D eigenvalue weighted by atomic mass is 10.1. The molecule has 1 aliphatic rings. The van der Waals surface area contributed by atoms with Gasteiger partial charge in [-0.15, -0.1) is 0 Å². The summed E-state index contributed by atoms with van der Waals surface area (Å²) < 4.78 is 10.2. The van der Waals surface area contributed by atoms with Gasteiger partial charge in [0.15, 0.2) is 6.61 Å². The molecule has 0 saturated heterocycles. The molecule has 6 heteroatoms. The molecule has 0 spiro atoms. The monoisotopic (exact) mass is 298 g/mol. The molecule has 1 aliphatic carbocycles. The predicted octanol–water partition coefficient (Wildman–Crippen LogP) is 2.47. The van der Waals surface area contributed by atoms with Gasteiger partial charge >= 0.3 is 11.9 Å². The fraction of sp³-hybridized carbons (Fsp3) is 0.429. The van der Waals surface area contributed by atoms with Crippen LogP contribution in [0.4, 0.5) is 0 Å². The summed E-state index contributed by atoms with van der Waals surface area (Å²) in [5.74, 6) is -1.32. The number of aliphatic carboxylic acids is 1. The first-order valence-corrected chi connectivity index (χ1v) is 6.71. The van der Waals surface area contributed by atoms with Crippen LogP contribution in [0.15, 0.2) is 18.2 Å². The maximum Gasteiger partial charge on any atom is 0.344 e. The van der Waals surface area contributed by atoms with Gasteiger partial charge in [0.25, 0.3) is 0 Å². The van der Waals surface area contributed by atoms with Crippen molar-refractivity contribution in [2.75, 3.05) is 13.2 Å². The van der Waals surface area contributed by atoms with Gasteiger partial charge in [0.1, 0.15) is 5.75 Å². The molecule has 20 heavy (non-hydrogen) atoms. The number of rotatable bonds is 6. The van der Waals surface area contributed by atoms with Crippen LogP contribution >= 0.6 is 11.6 Å². The van der Waals surface area contributed by atoms with Crippen LogP contribution in [0, 0.1) is 5.92 Å². The third-order valence-electron chi connectivity index (χ3n) is 3.13. The average molecular weight is 299 g/mol. The second kappa shape index (κ2) is 6.13. The number of ether oxygens (including phenoxy) is 2. The molecule has 1 N–H and O–H groups in total. The van der Waals surface area contributed by atoms with Crippen molar-refractivity contribution in [1.82, 2.24) is 0 Å². The van der Waals surface area contributed by atoms with E-state index in [4.69, 9.17) is 26.2 Å². The van der Waals surface area contributed by atoms with Crippen molar-refractivity contribution in [1.29, 1.82) is 0 Å². The van der Waals surface area contributed by atoms with Gasteiger partial charge in [0.2, 0.25) is 0 Å². The smallest absolute Gasteiger partial charge is 0.344 e. The summed E-state index contributed by atoms with van der Waals surface area (Å²) in [7, 11) is 0. The van der Waals surface area contributed by atoms with E-state index in [1.807, 2.05) is 0 Å². The van der Waals surface area contributed by atoms with Gasteiger partial charge < -0.3 is 14.6 Å². The Bertz CT molecular complexity index is 528. The van der Waals surface area contributed by atoms with Crippen LogP contribution in [0.5, 0.6) is 5.75 Å². The summed E-state index contributed by atoms with van der Waals surface area (Å²) in [5.41, 5.74) is 0.731. The van der Waals surface area contributed by atoms with Crippen LogP contribution in [-0.4, -0.2) is 30.3 Å². The van der Waals surface area contributed by atoms with E-state index in [-0.39, 0.29) is 12.5 Å². The van der Waals surface area contributed by atoms with Gasteiger partial charge in [-0.05, 0) is 37.1 Å². The number of esters is 1. The molecule has 2 atom stereocenters. The van der Waals surface area contributed by atoms with Gasteiger partial charge in [-0.3, -0.25) is 4.79 Å². The zero-order valence-electron chi connectivity index (χ0n) is 11.0. The van der Waals surface area contributed by atoms with Crippen molar-refractivity contribution < 1.29 is 24.2 Å². The molecule has 0 amide bonds. The number of carboxylic acid groups (broad SMARTS) is 1. The highest BCUT2D eigenvalue weighted by Gasteiger charge is 2.45. The summed E-state index contributed by atoms with van der Waals surface area (Å²) in [6.07, 6.45) is 0.561. The quantitative estimate of drug-likeness (QED) is 0.817. The number of carbonyl (C=O) groups is 2. The lowest BCUT2D eigenvalue weighted by Crippen LogP contribution is -2.15. The number of carboxylic acids is 1. The van der Waals surface area contributed by atoms with Crippen molar-refractivity contribution in [3.63, 3.8) is 0 Å². The molecule has 1 aromatic carbocycles. The summed E-state index contributed by atoms with van der Waals surface area (Å²) in [4.78, 5) is 22.2. The Hall–Kier alpha value is -1.75. The van der Waals surface area contributed by atoms with Crippen molar-refractivity contribution >= 4 is 23.5 Å². The van der Waals surface area contributed by atoms with Crippen molar-refractivity contribution in [3.8, 4) is 5.75 Å². The Labute approximate surface area is 121 Å². The summed E-state index contributed by atoms with van der Waals surface area (Å²) in [6, 6.07) is 4.98. The molecule has 1 aromatic rings. The minimum Gasteiger partial charge on any atom is -0.482 e. The zero-order chi connectivity index (χ0) is 14.7. The Kier molecular flexibility index (Phi) is 4.49. The number of hydrogen-bond donors (Lipinski definition) is 1. The van der Waals surface area contributed by atoms with E-state index in [0.717, 1.165) is 5.56 Å². The Morgan fingerprint density at radius 3 is 2.80 bits per heavy atom.